The Morgan fingerprint density at radius 2 is 1.86 bits per heavy atom. The molecule has 4 aliphatic rings. The third-order valence-corrected chi connectivity index (χ3v) is 7.02. The Morgan fingerprint density at radius 3 is 2.43 bits per heavy atom. The Morgan fingerprint density at radius 1 is 1.19 bits per heavy atom. The van der Waals surface area contributed by atoms with Crippen molar-refractivity contribution in [2.45, 2.75) is 58.4 Å². The first kappa shape index (κ1) is 14.1. The molecule has 1 aromatic carbocycles. The van der Waals surface area contributed by atoms with E-state index in [-0.39, 0.29) is 6.04 Å². The van der Waals surface area contributed by atoms with E-state index < -0.39 is 0 Å². The van der Waals surface area contributed by atoms with Gasteiger partial charge in [0.05, 0.1) is 0 Å². The van der Waals surface area contributed by atoms with Crippen LogP contribution in [-0.2, 0) is 0 Å². The van der Waals surface area contributed by atoms with E-state index in [4.69, 9.17) is 17.3 Å². The summed E-state index contributed by atoms with van der Waals surface area (Å²) in [6.45, 7) is 4.57. The van der Waals surface area contributed by atoms with Crippen molar-refractivity contribution in [3.05, 3.63) is 34.3 Å². The fourth-order valence-electron chi connectivity index (χ4n) is 6.32. The van der Waals surface area contributed by atoms with Crippen LogP contribution in [-0.4, -0.2) is 0 Å². The minimum Gasteiger partial charge on any atom is -0.323 e. The summed E-state index contributed by atoms with van der Waals surface area (Å²) in [5, 5.41) is 0.860. The molecule has 0 saturated heterocycles. The van der Waals surface area contributed by atoms with Gasteiger partial charge in [-0.3, -0.25) is 0 Å². The largest absolute Gasteiger partial charge is 0.323 e. The lowest BCUT2D eigenvalue weighted by atomic mass is 9.43. The molecule has 0 spiro atoms. The molecular weight excluding hydrogens is 278 g/mol. The lowest BCUT2D eigenvalue weighted by Gasteiger charge is -2.63. The van der Waals surface area contributed by atoms with E-state index >= 15 is 0 Å². The van der Waals surface area contributed by atoms with Gasteiger partial charge in [0.25, 0.3) is 0 Å². The van der Waals surface area contributed by atoms with Crippen LogP contribution in [0.2, 0.25) is 5.02 Å². The zero-order chi connectivity index (χ0) is 14.8. The van der Waals surface area contributed by atoms with Gasteiger partial charge in [0, 0.05) is 11.1 Å². The van der Waals surface area contributed by atoms with Crippen molar-refractivity contribution in [2.24, 2.45) is 28.4 Å². The van der Waals surface area contributed by atoms with Crippen molar-refractivity contribution < 1.29 is 0 Å². The monoisotopic (exact) mass is 303 g/mol. The number of hydrogen-bond acceptors (Lipinski definition) is 1. The molecule has 2 N–H and O–H groups in total. The Bertz CT molecular complexity index is 565. The average Bonchev–Trinajstić information content (AvgIpc) is 2.38. The quantitative estimate of drug-likeness (QED) is 0.793. The molecule has 21 heavy (non-hydrogen) atoms. The molecule has 3 unspecified atom stereocenters. The molecule has 1 aromatic rings. The third kappa shape index (κ3) is 2.16. The molecule has 1 nitrogen and oxygen atoms in total. The first-order chi connectivity index (χ1) is 9.89. The molecule has 0 aliphatic heterocycles. The topological polar surface area (TPSA) is 26.0 Å². The van der Waals surface area contributed by atoms with Crippen LogP contribution in [0.25, 0.3) is 0 Å². The van der Waals surface area contributed by atoms with Crippen molar-refractivity contribution in [1.82, 2.24) is 0 Å². The fraction of sp³-hybridized carbons (Fsp3) is 0.684. The molecule has 4 aliphatic carbocycles. The molecule has 4 fully saturated rings. The van der Waals surface area contributed by atoms with Gasteiger partial charge in [-0.05, 0) is 85.3 Å². The van der Waals surface area contributed by atoms with E-state index in [1.165, 1.54) is 44.1 Å². The second-order valence-corrected chi connectivity index (χ2v) is 9.03. The van der Waals surface area contributed by atoms with Crippen LogP contribution < -0.4 is 5.73 Å². The standard InChI is InChI=1S/C19H26ClN/c1-12-3-4-15(6-16(12)20)17(21)19-9-13-5-14(10-19)8-18(2,7-13)11-19/h3-4,6,13-14,17H,5,7-11,21H2,1-2H3. The van der Waals surface area contributed by atoms with Crippen LogP contribution in [0.3, 0.4) is 0 Å². The van der Waals surface area contributed by atoms with Gasteiger partial charge in [-0.2, -0.15) is 0 Å². The van der Waals surface area contributed by atoms with Gasteiger partial charge in [0.1, 0.15) is 0 Å². The first-order valence-electron chi connectivity index (χ1n) is 8.41. The fourth-order valence-corrected chi connectivity index (χ4v) is 6.51. The van der Waals surface area contributed by atoms with E-state index in [1.807, 2.05) is 0 Å². The second-order valence-electron chi connectivity index (χ2n) is 8.62. The van der Waals surface area contributed by atoms with E-state index in [2.05, 4.69) is 32.0 Å². The van der Waals surface area contributed by atoms with Crippen LogP contribution in [0.1, 0.15) is 62.6 Å². The lowest BCUT2D eigenvalue weighted by Crippen LogP contribution is -2.54. The highest BCUT2D eigenvalue weighted by Gasteiger charge is 2.57. The summed E-state index contributed by atoms with van der Waals surface area (Å²) in [5.74, 6) is 1.84. The predicted octanol–water partition coefficient (Wildman–Crippen LogP) is 5.25. The van der Waals surface area contributed by atoms with Crippen LogP contribution >= 0.6 is 11.6 Å². The molecule has 5 rings (SSSR count). The van der Waals surface area contributed by atoms with E-state index in [0.29, 0.717) is 10.8 Å². The van der Waals surface area contributed by atoms with Gasteiger partial charge in [-0.25, -0.2) is 0 Å². The number of halogens is 1. The van der Waals surface area contributed by atoms with Crippen LogP contribution in [0.5, 0.6) is 0 Å². The highest BCUT2D eigenvalue weighted by atomic mass is 35.5. The highest BCUT2D eigenvalue weighted by molar-refractivity contribution is 6.31. The van der Waals surface area contributed by atoms with Crippen LogP contribution in [0, 0.1) is 29.6 Å². The molecule has 3 atom stereocenters. The van der Waals surface area contributed by atoms with E-state index in [0.717, 1.165) is 22.4 Å². The highest BCUT2D eigenvalue weighted by Crippen LogP contribution is 2.67. The smallest absolute Gasteiger partial charge is 0.0438 e. The molecule has 2 heteroatoms. The Labute approximate surface area is 133 Å². The molecule has 114 valence electrons. The Balaban J connectivity index is 1.70. The summed E-state index contributed by atoms with van der Waals surface area (Å²) in [4.78, 5) is 0. The maximum Gasteiger partial charge on any atom is 0.0438 e. The molecule has 0 heterocycles. The second kappa shape index (κ2) is 4.49. The molecule has 4 saturated carbocycles. The van der Waals surface area contributed by atoms with Crippen LogP contribution in [0.4, 0.5) is 0 Å². The predicted molar refractivity (Wildman–Crippen MR) is 88.3 cm³/mol. The van der Waals surface area contributed by atoms with Crippen molar-refractivity contribution in [3.8, 4) is 0 Å². The van der Waals surface area contributed by atoms with E-state index in [9.17, 15) is 0 Å². The van der Waals surface area contributed by atoms with Crippen molar-refractivity contribution in [2.75, 3.05) is 0 Å². The van der Waals surface area contributed by atoms with Gasteiger partial charge in [-0.1, -0.05) is 30.7 Å². The van der Waals surface area contributed by atoms with Gasteiger partial charge in [-0.15, -0.1) is 0 Å². The first-order valence-corrected chi connectivity index (χ1v) is 8.79. The van der Waals surface area contributed by atoms with Gasteiger partial charge in [0.15, 0.2) is 0 Å². The zero-order valence-corrected chi connectivity index (χ0v) is 13.9. The molecule has 4 bridgehead atoms. The van der Waals surface area contributed by atoms with Gasteiger partial charge < -0.3 is 5.73 Å². The summed E-state index contributed by atoms with van der Waals surface area (Å²) in [5.41, 5.74) is 10.1. The summed E-state index contributed by atoms with van der Waals surface area (Å²) in [7, 11) is 0. The molecule has 0 amide bonds. The van der Waals surface area contributed by atoms with Crippen LogP contribution in [0.15, 0.2) is 18.2 Å². The van der Waals surface area contributed by atoms with Crippen molar-refractivity contribution >= 4 is 11.6 Å². The number of benzene rings is 1. The number of hydrogen-bond donors (Lipinski definition) is 1. The summed E-state index contributed by atoms with van der Waals surface area (Å²) < 4.78 is 0. The van der Waals surface area contributed by atoms with Gasteiger partial charge in [0.2, 0.25) is 0 Å². The normalized spacial score (nSPS) is 42.3. The summed E-state index contributed by atoms with van der Waals surface area (Å²) >= 11 is 6.34. The molecule has 0 radical (unpaired) electrons. The Kier molecular flexibility index (Phi) is 3.01. The minimum absolute atomic E-state index is 0.154. The van der Waals surface area contributed by atoms with Crippen molar-refractivity contribution in [1.29, 1.82) is 0 Å². The molecular formula is C19H26ClN. The average molecular weight is 304 g/mol. The lowest BCUT2D eigenvalue weighted by molar-refractivity contribution is -0.113. The zero-order valence-electron chi connectivity index (χ0n) is 13.2. The van der Waals surface area contributed by atoms with Gasteiger partial charge >= 0.3 is 0 Å². The molecule has 0 aromatic heterocycles. The number of rotatable bonds is 2. The maximum atomic E-state index is 6.81. The third-order valence-electron chi connectivity index (χ3n) is 6.61. The van der Waals surface area contributed by atoms with Crippen molar-refractivity contribution in [3.63, 3.8) is 0 Å². The number of nitrogens with two attached hydrogens (primary N) is 1. The summed E-state index contributed by atoms with van der Waals surface area (Å²) in [6, 6.07) is 6.59. The number of aryl methyl sites for hydroxylation is 1. The summed E-state index contributed by atoms with van der Waals surface area (Å²) in [6.07, 6.45) is 8.33. The minimum atomic E-state index is 0.154. The van der Waals surface area contributed by atoms with E-state index in [1.54, 1.807) is 0 Å². The maximum absolute atomic E-state index is 6.81. The Hall–Kier alpha value is -0.530. The SMILES string of the molecule is Cc1ccc(C(N)C23CC4CC(CC(C)(C4)C2)C3)cc1Cl.